The van der Waals surface area contributed by atoms with Gasteiger partial charge in [0.15, 0.2) is 0 Å². The van der Waals surface area contributed by atoms with E-state index in [2.05, 4.69) is 41.9 Å². The number of halogens is 1. The van der Waals surface area contributed by atoms with Gasteiger partial charge in [-0.1, -0.05) is 48.0 Å². The lowest BCUT2D eigenvalue weighted by Crippen LogP contribution is -2.41. The van der Waals surface area contributed by atoms with Gasteiger partial charge in [0.05, 0.1) is 9.24 Å². The van der Waals surface area contributed by atoms with Crippen molar-refractivity contribution in [2.45, 2.75) is 11.3 Å². The summed E-state index contributed by atoms with van der Waals surface area (Å²) in [5.41, 5.74) is 1.28. The number of benzene rings is 1. The number of thiol groups is 1. The van der Waals surface area contributed by atoms with Gasteiger partial charge in [-0.05, 0) is 37.4 Å². The maximum absolute atomic E-state index is 6.26. The topological polar surface area (TPSA) is 12.0 Å². The zero-order chi connectivity index (χ0) is 12.3. The van der Waals surface area contributed by atoms with E-state index in [0.29, 0.717) is 0 Å². The fourth-order valence-electron chi connectivity index (χ4n) is 1.93. The SMILES string of the molecule is [CH2]C(Cc1ccccc1)(NC)[SH]1C=CC=C1Cl. The molecule has 0 saturated carbocycles. The molecule has 1 aliphatic heterocycles. The second-order valence-corrected chi connectivity index (χ2v) is 7.19. The third-order valence-electron chi connectivity index (χ3n) is 2.96. The molecule has 1 radical (unpaired) electrons. The summed E-state index contributed by atoms with van der Waals surface area (Å²) in [7, 11) is 1.40. The van der Waals surface area contributed by atoms with Gasteiger partial charge in [-0.3, -0.25) is 0 Å². The third-order valence-corrected chi connectivity index (χ3v) is 6.02. The van der Waals surface area contributed by atoms with Crippen LogP contribution in [0.5, 0.6) is 0 Å². The normalized spacial score (nSPS) is 24.4. The molecule has 0 saturated heterocycles. The van der Waals surface area contributed by atoms with Crippen molar-refractivity contribution in [1.82, 2.24) is 5.32 Å². The summed E-state index contributed by atoms with van der Waals surface area (Å²) in [6.07, 6.45) is 4.87. The largest absolute Gasteiger partial charge is 0.306 e. The third kappa shape index (κ3) is 2.76. The van der Waals surface area contributed by atoms with Crippen LogP contribution in [0.2, 0.25) is 0 Å². The van der Waals surface area contributed by atoms with Crippen LogP contribution in [0.3, 0.4) is 0 Å². The second kappa shape index (κ2) is 5.30. The zero-order valence-corrected chi connectivity index (χ0v) is 11.5. The Morgan fingerprint density at radius 3 is 2.59 bits per heavy atom. The Morgan fingerprint density at radius 1 is 1.35 bits per heavy atom. The minimum Gasteiger partial charge on any atom is -0.306 e. The molecule has 0 fully saturated rings. The van der Waals surface area contributed by atoms with E-state index >= 15 is 0 Å². The number of nitrogens with one attached hydrogen (secondary N) is 1. The molecule has 1 N–H and O–H groups in total. The lowest BCUT2D eigenvalue weighted by atomic mass is 10.1. The molecule has 2 unspecified atom stereocenters. The van der Waals surface area contributed by atoms with E-state index in [0.717, 1.165) is 10.8 Å². The highest BCUT2D eigenvalue weighted by molar-refractivity contribution is 8.25. The van der Waals surface area contributed by atoms with Crippen LogP contribution in [0.4, 0.5) is 0 Å². The summed E-state index contributed by atoms with van der Waals surface area (Å²) in [4.78, 5) is -0.225. The van der Waals surface area contributed by atoms with Crippen molar-refractivity contribution in [1.29, 1.82) is 0 Å². The first kappa shape index (κ1) is 12.7. The molecule has 1 aromatic rings. The van der Waals surface area contributed by atoms with Gasteiger partial charge >= 0.3 is 0 Å². The summed E-state index contributed by atoms with van der Waals surface area (Å²) in [5.74, 6) is 0. The zero-order valence-electron chi connectivity index (χ0n) is 9.86. The van der Waals surface area contributed by atoms with E-state index < -0.39 is 10.9 Å². The van der Waals surface area contributed by atoms with E-state index in [-0.39, 0.29) is 4.87 Å². The number of allylic oxidation sites excluding steroid dienone is 2. The molecular formula is C14H17ClNS. The molecule has 17 heavy (non-hydrogen) atoms. The fourth-order valence-corrected chi connectivity index (χ4v) is 4.60. The molecule has 0 amide bonds. The molecule has 0 bridgehead atoms. The van der Waals surface area contributed by atoms with Crippen LogP contribution >= 0.6 is 22.5 Å². The highest BCUT2D eigenvalue weighted by Gasteiger charge is 2.31. The first-order valence-corrected chi connectivity index (χ1v) is 7.36. The molecule has 1 aliphatic rings. The van der Waals surface area contributed by atoms with E-state index in [1.165, 1.54) is 5.56 Å². The van der Waals surface area contributed by atoms with E-state index in [9.17, 15) is 0 Å². The van der Waals surface area contributed by atoms with E-state index in [1.54, 1.807) is 0 Å². The first-order chi connectivity index (χ1) is 8.15. The molecule has 91 valence electrons. The Hall–Kier alpha value is -0.700. The van der Waals surface area contributed by atoms with Crippen molar-refractivity contribution in [2.75, 3.05) is 7.05 Å². The molecule has 0 spiro atoms. The minimum absolute atomic E-state index is 0.225. The van der Waals surface area contributed by atoms with Gasteiger partial charge in [-0.2, -0.15) is 10.9 Å². The fraction of sp³-hybridized carbons (Fsp3) is 0.214. The van der Waals surface area contributed by atoms with Crippen LogP contribution < -0.4 is 5.32 Å². The van der Waals surface area contributed by atoms with Crippen molar-refractivity contribution in [3.8, 4) is 0 Å². The molecule has 0 aromatic heterocycles. The molecule has 3 heteroatoms. The monoisotopic (exact) mass is 266 g/mol. The van der Waals surface area contributed by atoms with Crippen molar-refractivity contribution in [3.05, 3.63) is 64.7 Å². The van der Waals surface area contributed by atoms with Crippen LogP contribution in [0, 0.1) is 6.92 Å². The van der Waals surface area contributed by atoms with Gasteiger partial charge in [-0.15, -0.1) is 0 Å². The summed E-state index contributed by atoms with van der Waals surface area (Å²) in [6, 6.07) is 10.4. The van der Waals surface area contributed by atoms with Gasteiger partial charge in [0.1, 0.15) is 0 Å². The quantitative estimate of drug-likeness (QED) is 0.794. The highest BCUT2D eigenvalue weighted by atomic mass is 35.5. The number of hydrogen-bond acceptors (Lipinski definition) is 1. The Bertz CT molecular complexity index is 441. The van der Waals surface area contributed by atoms with Crippen LogP contribution in [0.15, 0.2) is 52.3 Å². The summed E-state index contributed by atoms with van der Waals surface area (Å²) >= 11 is 6.26. The van der Waals surface area contributed by atoms with Crippen molar-refractivity contribution < 1.29 is 0 Å². The van der Waals surface area contributed by atoms with E-state index in [1.807, 2.05) is 25.3 Å². The minimum atomic E-state index is -0.552. The highest BCUT2D eigenvalue weighted by Crippen LogP contribution is 2.53. The molecule has 1 aromatic carbocycles. The molecule has 2 atom stereocenters. The van der Waals surface area contributed by atoms with Crippen LogP contribution in [0.1, 0.15) is 5.56 Å². The average molecular weight is 267 g/mol. The second-order valence-electron chi connectivity index (χ2n) is 4.14. The lowest BCUT2D eigenvalue weighted by Gasteiger charge is -2.37. The molecular weight excluding hydrogens is 250 g/mol. The Labute approximate surface area is 111 Å². The Morgan fingerprint density at radius 2 is 2.06 bits per heavy atom. The predicted molar refractivity (Wildman–Crippen MR) is 79.4 cm³/mol. The maximum atomic E-state index is 6.26. The van der Waals surface area contributed by atoms with Gasteiger partial charge in [0.25, 0.3) is 0 Å². The van der Waals surface area contributed by atoms with E-state index in [4.69, 9.17) is 11.6 Å². The predicted octanol–water partition coefficient (Wildman–Crippen LogP) is 3.59. The van der Waals surface area contributed by atoms with Gasteiger partial charge in [-0.25, -0.2) is 0 Å². The summed E-state index contributed by atoms with van der Waals surface area (Å²) in [5, 5.41) is 5.51. The maximum Gasteiger partial charge on any atom is 0.0590 e. The number of likely N-dealkylation sites (N-methyl/N-ethyl adjacent to an activating group) is 1. The van der Waals surface area contributed by atoms with Gasteiger partial charge < -0.3 is 5.32 Å². The smallest absolute Gasteiger partial charge is 0.0590 e. The molecule has 2 rings (SSSR count). The average Bonchev–Trinajstić information content (AvgIpc) is 2.77. The molecule has 1 nitrogen and oxygen atoms in total. The molecule has 0 aliphatic carbocycles. The van der Waals surface area contributed by atoms with Crippen LogP contribution in [0.25, 0.3) is 0 Å². The Kier molecular flexibility index (Phi) is 3.97. The standard InChI is InChI=1S/C14H17ClNS/c1-14(16-2,17-10-6-9-13(17)15)11-12-7-4-3-5-8-12/h3-10,16-17H,1,11H2,2H3. The Balaban J connectivity index is 2.20. The lowest BCUT2D eigenvalue weighted by molar-refractivity contribution is 0.604. The van der Waals surface area contributed by atoms with Crippen LogP contribution in [-0.4, -0.2) is 11.9 Å². The van der Waals surface area contributed by atoms with Gasteiger partial charge in [0, 0.05) is 0 Å². The summed E-state index contributed by atoms with van der Waals surface area (Å²) in [6.45, 7) is 4.36. The number of rotatable bonds is 4. The van der Waals surface area contributed by atoms with Crippen molar-refractivity contribution in [3.63, 3.8) is 0 Å². The summed E-state index contributed by atoms with van der Waals surface area (Å²) < 4.78 is 0.917. The van der Waals surface area contributed by atoms with Crippen molar-refractivity contribution >= 4 is 22.5 Å². The number of hydrogen-bond donors (Lipinski definition) is 2. The molecule has 1 heterocycles. The van der Waals surface area contributed by atoms with Crippen molar-refractivity contribution in [2.24, 2.45) is 0 Å². The van der Waals surface area contributed by atoms with Crippen LogP contribution in [-0.2, 0) is 6.42 Å². The first-order valence-electron chi connectivity index (χ1n) is 5.57. The van der Waals surface area contributed by atoms with Gasteiger partial charge in [0.2, 0.25) is 0 Å².